The van der Waals surface area contributed by atoms with Gasteiger partial charge in [-0.1, -0.05) is 30.3 Å². The summed E-state index contributed by atoms with van der Waals surface area (Å²) in [5, 5.41) is 10.9. The van der Waals surface area contributed by atoms with Crippen LogP contribution in [0.4, 0.5) is 10.5 Å². The molecule has 2 amide bonds. The van der Waals surface area contributed by atoms with Crippen molar-refractivity contribution in [2.24, 2.45) is 0 Å². The van der Waals surface area contributed by atoms with Gasteiger partial charge in [0, 0.05) is 17.8 Å². The lowest BCUT2D eigenvalue weighted by Crippen LogP contribution is -2.43. The highest BCUT2D eigenvalue weighted by molar-refractivity contribution is 5.97. The molecular weight excluding hydrogens is 436 g/mol. The highest BCUT2D eigenvalue weighted by Crippen LogP contribution is 2.26. The number of nitrogens with zero attached hydrogens (tertiary/aromatic N) is 3. The molecule has 34 heavy (non-hydrogen) atoms. The van der Waals surface area contributed by atoms with Crippen molar-refractivity contribution >= 4 is 17.7 Å². The molecule has 0 saturated carbocycles. The maximum absolute atomic E-state index is 12.9. The third-order valence-corrected chi connectivity index (χ3v) is 5.55. The van der Waals surface area contributed by atoms with Gasteiger partial charge in [-0.25, -0.2) is 4.79 Å². The van der Waals surface area contributed by atoms with E-state index in [-0.39, 0.29) is 18.4 Å². The van der Waals surface area contributed by atoms with Crippen LogP contribution >= 0.6 is 0 Å². The van der Waals surface area contributed by atoms with Crippen molar-refractivity contribution < 1.29 is 23.2 Å². The molecule has 0 bridgehead atoms. The van der Waals surface area contributed by atoms with Gasteiger partial charge in [0.05, 0.1) is 6.26 Å². The number of hydrogen-bond donors (Lipinski definition) is 1. The Hall–Kier alpha value is -4.40. The number of hydrogen-bond acceptors (Lipinski definition) is 7. The van der Waals surface area contributed by atoms with Gasteiger partial charge in [0.1, 0.15) is 12.6 Å². The largest absolute Gasteiger partial charge is 0.459 e. The van der Waals surface area contributed by atoms with Crippen molar-refractivity contribution in [3.8, 4) is 23.1 Å². The number of carbonyl (C=O) groups is 2. The first kappa shape index (κ1) is 21.4. The van der Waals surface area contributed by atoms with E-state index in [0.717, 1.165) is 12.0 Å². The Balaban J connectivity index is 1.19. The Bertz CT molecular complexity index is 1250. The van der Waals surface area contributed by atoms with E-state index >= 15 is 0 Å². The molecular formula is C25H22N4O5. The van der Waals surface area contributed by atoms with Crippen LogP contribution in [0.25, 0.3) is 23.1 Å². The fourth-order valence-corrected chi connectivity index (χ4v) is 3.82. The second-order valence-corrected chi connectivity index (χ2v) is 7.85. The molecule has 5 rings (SSSR count). The molecule has 172 valence electrons. The van der Waals surface area contributed by atoms with E-state index in [9.17, 15) is 9.59 Å². The first-order chi connectivity index (χ1) is 16.7. The van der Waals surface area contributed by atoms with Gasteiger partial charge in [-0.15, -0.1) is 10.2 Å². The van der Waals surface area contributed by atoms with Gasteiger partial charge in [-0.05, 0) is 54.8 Å². The lowest BCUT2D eigenvalue weighted by Gasteiger charge is -2.23. The van der Waals surface area contributed by atoms with E-state index in [1.807, 2.05) is 30.3 Å². The summed E-state index contributed by atoms with van der Waals surface area (Å²) in [5.74, 6) is 0.871. The van der Waals surface area contributed by atoms with Crippen LogP contribution in [0.1, 0.15) is 18.4 Å². The Morgan fingerprint density at radius 1 is 1.00 bits per heavy atom. The zero-order valence-corrected chi connectivity index (χ0v) is 18.2. The van der Waals surface area contributed by atoms with Crippen LogP contribution < -0.4 is 5.32 Å². The summed E-state index contributed by atoms with van der Waals surface area (Å²) < 4.78 is 16.3. The van der Waals surface area contributed by atoms with Crippen LogP contribution in [0, 0.1) is 0 Å². The second kappa shape index (κ2) is 9.62. The lowest BCUT2D eigenvalue weighted by atomic mass is 10.1. The summed E-state index contributed by atoms with van der Waals surface area (Å²) in [6, 6.07) is 19.4. The molecule has 9 nitrogen and oxygen atoms in total. The summed E-state index contributed by atoms with van der Waals surface area (Å²) >= 11 is 0. The van der Waals surface area contributed by atoms with Crippen LogP contribution in [0.15, 0.2) is 81.8 Å². The Morgan fingerprint density at radius 2 is 1.79 bits per heavy atom. The summed E-state index contributed by atoms with van der Waals surface area (Å²) in [6.45, 7) is 0.656. The van der Waals surface area contributed by atoms with E-state index in [4.69, 9.17) is 13.6 Å². The van der Waals surface area contributed by atoms with Crippen LogP contribution in [0.3, 0.4) is 0 Å². The number of aromatic nitrogens is 2. The highest BCUT2D eigenvalue weighted by Gasteiger charge is 2.35. The number of anilines is 1. The number of amides is 2. The fraction of sp³-hybridized carbons (Fsp3) is 0.200. The van der Waals surface area contributed by atoms with Crippen molar-refractivity contribution in [2.75, 3.05) is 11.9 Å². The van der Waals surface area contributed by atoms with E-state index < -0.39 is 12.1 Å². The van der Waals surface area contributed by atoms with E-state index in [0.29, 0.717) is 35.9 Å². The molecule has 1 saturated heterocycles. The third-order valence-electron chi connectivity index (χ3n) is 5.55. The molecule has 3 heterocycles. The molecule has 9 heteroatoms. The number of furan rings is 1. The number of ether oxygens (including phenoxy) is 1. The molecule has 1 N–H and O–H groups in total. The average molecular weight is 458 g/mol. The Labute approximate surface area is 195 Å². The smallest absolute Gasteiger partial charge is 0.410 e. The quantitative estimate of drug-likeness (QED) is 0.444. The Morgan fingerprint density at radius 3 is 2.56 bits per heavy atom. The van der Waals surface area contributed by atoms with E-state index in [2.05, 4.69) is 15.5 Å². The average Bonchev–Trinajstić information content (AvgIpc) is 3.65. The first-order valence-electron chi connectivity index (χ1n) is 10.9. The Kier molecular flexibility index (Phi) is 6.07. The molecule has 4 aromatic rings. The standard InChI is InChI=1S/C25H22N4O5/c30-22(20-8-4-14-29(20)25(31)33-16-17-6-2-1-3-7-17)26-19-12-10-18(11-13-19)23-27-28-24(34-23)21-9-5-15-32-21/h1-3,5-7,9-13,15,20H,4,8,14,16H2,(H,26,30)/t20-/m0/s1. The maximum Gasteiger partial charge on any atom is 0.410 e. The van der Waals surface area contributed by atoms with Gasteiger partial charge in [-0.3, -0.25) is 9.69 Å². The minimum absolute atomic E-state index is 0.170. The molecule has 0 spiro atoms. The topological polar surface area (TPSA) is 111 Å². The monoisotopic (exact) mass is 458 g/mol. The van der Waals surface area contributed by atoms with E-state index in [1.54, 1.807) is 36.4 Å². The van der Waals surface area contributed by atoms with Gasteiger partial charge in [0.25, 0.3) is 5.89 Å². The molecule has 1 aliphatic heterocycles. The summed E-state index contributed by atoms with van der Waals surface area (Å²) in [5.41, 5.74) is 2.20. The van der Waals surface area contributed by atoms with Crippen molar-refractivity contribution in [1.29, 1.82) is 0 Å². The fourth-order valence-electron chi connectivity index (χ4n) is 3.82. The maximum atomic E-state index is 12.9. The van der Waals surface area contributed by atoms with Crippen molar-refractivity contribution in [3.05, 3.63) is 78.6 Å². The molecule has 0 radical (unpaired) electrons. The second-order valence-electron chi connectivity index (χ2n) is 7.85. The predicted octanol–water partition coefficient (Wildman–Crippen LogP) is 4.74. The molecule has 1 atom stereocenters. The summed E-state index contributed by atoms with van der Waals surface area (Å²) in [7, 11) is 0. The third kappa shape index (κ3) is 4.68. The molecule has 0 aliphatic carbocycles. The van der Waals surface area contributed by atoms with Gasteiger partial charge in [0.15, 0.2) is 5.76 Å². The van der Waals surface area contributed by atoms with Crippen LogP contribution in [-0.2, 0) is 16.1 Å². The zero-order valence-electron chi connectivity index (χ0n) is 18.2. The van der Waals surface area contributed by atoms with Crippen molar-refractivity contribution in [2.45, 2.75) is 25.5 Å². The molecule has 2 aromatic carbocycles. The number of benzene rings is 2. The van der Waals surface area contributed by atoms with Gasteiger partial charge < -0.3 is 18.9 Å². The van der Waals surface area contributed by atoms with E-state index in [1.165, 1.54) is 11.2 Å². The molecule has 1 aliphatic rings. The number of likely N-dealkylation sites (tertiary alicyclic amines) is 1. The van der Waals surface area contributed by atoms with Gasteiger partial charge >= 0.3 is 6.09 Å². The van der Waals surface area contributed by atoms with Gasteiger partial charge in [0.2, 0.25) is 11.8 Å². The molecule has 1 fully saturated rings. The number of rotatable bonds is 6. The van der Waals surface area contributed by atoms with Crippen molar-refractivity contribution in [1.82, 2.24) is 15.1 Å². The number of nitrogens with one attached hydrogen (secondary N) is 1. The molecule has 0 unspecified atom stereocenters. The number of carbonyl (C=O) groups excluding carboxylic acids is 2. The molecule has 2 aromatic heterocycles. The van der Waals surface area contributed by atoms with Crippen molar-refractivity contribution in [3.63, 3.8) is 0 Å². The normalized spacial score (nSPS) is 15.3. The summed E-state index contributed by atoms with van der Waals surface area (Å²) in [6.07, 6.45) is 2.38. The first-order valence-corrected chi connectivity index (χ1v) is 10.9. The minimum atomic E-state index is -0.574. The van der Waals surface area contributed by atoms with Crippen LogP contribution in [0.5, 0.6) is 0 Å². The minimum Gasteiger partial charge on any atom is -0.459 e. The predicted molar refractivity (Wildman–Crippen MR) is 122 cm³/mol. The van der Waals surface area contributed by atoms with Crippen LogP contribution in [0.2, 0.25) is 0 Å². The van der Waals surface area contributed by atoms with Crippen LogP contribution in [-0.4, -0.2) is 39.7 Å². The lowest BCUT2D eigenvalue weighted by molar-refractivity contribution is -0.120. The zero-order chi connectivity index (χ0) is 23.3. The highest BCUT2D eigenvalue weighted by atomic mass is 16.6. The van der Waals surface area contributed by atoms with Gasteiger partial charge in [-0.2, -0.15) is 0 Å². The SMILES string of the molecule is O=C(Nc1ccc(-c2nnc(-c3ccco3)o2)cc1)[C@@H]1CCCN1C(=O)OCc1ccccc1. The summed E-state index contributed by atoms with van der Waals surface area (Å²) in [4.78, 5) is 26.9.